The van der Waals surface area contributed by atoms with E-state index in [0.29, 0.717) is 29.1 Å². The Morgan fingerprint density at radius 1 is 1.17 bits per heavy atom. The Balaban J connectivity index is 1.72. The number of methoxy groups -OCH3 is 1. The van der Waals surface area contributed by atoms with E-state index in [1.165, 1.54) is 11.8 Å². The fourth-order valence-electron chi connectivity index (χ4n) is 3.00. The monoisotopic (exact) mass is 411 g/mol. The first-order valence-electron chi connectivity index (χ1n) is 9.65. The minimum Gasteiger partial charge on any atom is -0.496 e. The van der Waals surface area contributed by atoms with Crippen LogP contribution in [0.4, 0.5) is 0 Å². The van der Waals surface area contributed by atoms with Gasteiger partial charge in [-0.25, -0.2) is 4.98 Å². The highest BCUT2D eigenvalue weighted by atomic mass is 32.2. The second-order valence-corrected chi connectivity index (χ2v) is 7.54. The Hall–Kier alpha value is -2.80. The first-order valence-corrected chi connectivity index (χ1v) is 10.6. The van der Waals surface area contributed by atoms with Crippen molar-refractivity contribution in [3.63, 3.8) is 0 Å². The van der Waals surface area contributed by atoms with Crippen LogP contribution in [0.2, 0.25) is 0 Å². The first kappa shape index (κ1) is 20.9. The lowest BCUT2D eigenvalue weighted by atomic mass is 10.2. The van der Waals surface area contributed by atoms with Crippen molar-refractivity contribution in [1.82, 2.24) is 14.9 Å². The van der Waals surface area contributed by atoms with Gasteiger partial charge in [-0.15, -0.1) is 0 Å². The number of benzene rings is 2. The highest BCUT2D eigenvalue weighted by molar-refractivity contribution is 7.99. The number of fused-ring (bicyclic) bond motifs is 1. The van der Waals surface area contributed by atoms with Crippen LogP contribution in [0.5, 0.6) is 5.75 Å². The molecule has 0 spiro atoms. The number of thioether (sulfide) groups is 1. The third kappa shape index (κ3) is 5.17. The molecular weight excluding hydrogens is 386 g/mol. The predicted molar refractivity (Wildman–Crippen MR) is 116 cm³/mol. The van der Waals surface area contributed by atoms with Gasteiger partial charge in [-0.1, -0.05) is 55.4 Å². The second kappa shape index (κ2) is 10.1. The highest BCUT2D eigenvalue weighted by Crippen LogP contribution is 2.19. The summed E-state index contributed by atoms with van der Waals surface area (Å²) >= 11 is 1.29. The van der Waals surface area contributed by atoms with Crippen LogP contribution >= 0.6 is 11.8 Å². The Morgan fingerprint density at radius 2 is 1.93 bits per heavy atom. The maximum Gasteiger partial charge on any atom is 0.262 e. The fourth-order valence-corrected chi connectivity index (χ4v) is 3.85. The number of amides is 1. The zero-order valence-electron chi connectivity index (χ0n) is 16.7. The van der Waals surface area contributed by atoms with Gasteiger partial charge < -0.3 is 10.1 Å². The molecular formula is C22H25N3O3S. The predicted octanol–water partition coefficient (Wildman–Crippen LogP) is 3.61. The number of ether oxygens (including phenoxy) is 1. The van der Waals surface area contributed by atoms with Gasteiger partial charge >= 0.3 is 0 Å². The third-order valence-corrected chi connectivity index (χ3v) is 5.54. The first-order chi connectivity index (χ1) is 14.1. The quantitative estimate of drug-likeness (QED) is 0.430. The van der Waals surface area contributed by atoms with E-state index in [1.807, 2.05) is 42.5 Å². The van der Waals surface area contributed by atoms with Crippen LogP contribution in [0, 0.1) is 0 Å². The van der Waals surface area contributed by atoms with E-state index in [0.717, 1.165) is 24.2 Å². The Bertz CT molecular complexity index is 1050. The number of nitrogens with zero attached hydrogens (tertiary/aromatic N) is 2. The van der Waals surface area contributed by atoms with Gasteiger partial charge in [0.1, 0.15) is 5.75 Å². The van der Waals surface area contributed by atoms with Crippen LogP contribution < -0.4 is 15.6 Å². The van der Waals surface area contributed by atoms with Crippen molar-refractivity contribution in [2.45, 2.75) is 38.0 Å². The van der Waals surface area contributed by atoms with Gasteiger partial charge in [0, 0.05) is 18.7 Å². The standard InChI is InChI=1S/C22H25N3O3S/c1-3-4-13-25-21(27)17-10-6-7-11-18(17)24-22(25)29-15-20(26)23-14-16-9-5-8-12-19(16)28-2/h5-12H,3-4,13-15H2,1-2H3,(H,23,26). The van der Waals surface area contributed by atoms with E-state index in [1.54, 1.807) is 17.7 Å². The largest absolute Gasteiger partial charge is 0.496 e. The van der Waals surface area contributed by atoms with Crippen molar-refractivity contribution < 1.29 is 9.53 Å². The Kier molecular flexibility index (Phi) is 7.30. The number of rotatable bonds is 9. The molecule has 152 valence electrons. The van der Waals surface area contributed by atoms with Crippen LogP contribution in [-0.4, -0.2) is 28.3 Å². The minimum absolute atomic E-state index is 0.0546. The maximum absolute atomic E-state index is 12.9. The summed E-state index contributed by atoms with van der Waals surface area (Å²) in [6, 6.07) is 14.9. The van der Waals surface area contributed by atoms with Gasteiger partial charge in [-0.2, -0.15) is 0 Å². The normalized spacial score (nSPS) is 10.8. The third-order valence-electron chi connectivity index (χ3n) is 4.56. The number of aromatic nitrogens is 2. The minimum atomic E-state index is -0.120. The van der Waals surface area contributed by atoms with E-state index in [4.69, 9.17) is 4.74 Å². The molecule has 7 heteroatoms. The fraction of sp³-hybridized carbons (Fsp3) is 0.318. The van der Waals surface area contributed by atoms with Gasteiger partial charge in [0.15, 0.2) is 5.16 Å². The summed E-state index contributed by atoms with van der Waals surface area (Å²) in [6.07, 6.45) is 1.86. The molecule has 3 rings (SSSR count). The summed E-state index contributed by atoms with van der Waals surface area (Å²) in [5.74, 6) is 0.807. The summed E-state index contributed by atoms with van der Waals surface area (Å²) in [5, 5.41) is 4.09. The average Bonchev–Trinajstić information content (AvgIpc) is 2.76. The number of hydrogen-bond donors (Lipinski definition) is 1. The summed E-state index contributed by atoms with van der Waals surface area (Å²) < 4.78 is 6.99. The van der Waals surface area contributed by atoms with Gasteiger partial charge in [0.25, 0.3) is 5.56 Å². The van der Waals surface area contributed by atoms with Crippen LogP contribution in [0.15, 0.2) is 58.5 Å². The molecule has 0 saturated heterocycles. The molecule has 0 bridgehead atoms. The zero-order valence-corrected chi connectivity index (χ0v) is 17.5. The van der Waals surface area contributed by atoms with E-state index in [-0.39, 0.29) is 17.2 Å². The van der Waals surface area contributed by atoms with Crippen LogP contribution in [0.1, 0.15) is 25.3 Å². The van der Waals surface area contributed by atoms with Gasteiger partial charge in [0.05, 0.1) is 23.8 Å². The van der Waals surface area contributed by atoms with Gasteiger partial charge in [-0.05, 0) is 24.6 Å². The number of hydrogen-bond acceptors (Lipinski definition) is 5. The molecule has 0 unspecified atom stereocenters. The molecule has 1 aromatic heterocycles. The van der Waals surface area contributed by atoms with Crippen LogP contribution in [0.3, 0.4) is 0 Å². The van der Waals surface area contributed by atoms with Crippen LogP contribution in [-0.2, 0) is 17.9 Å². The highest BCUT2D eigenvalue weighted by Gasteiger charge is 2.13. The topological polar surface area (TPSA) is 73.2 Å². The maximum atomic E-state index is 12.9. The molecule has 0 aliphatic heterocycles. The summed E-state index contributed by atoms with van der Waals surface area (Å²) in [4.78, 5) is 29.9. The van der Waals surface area contributed by atoms with Gasteiger partial charge in [0.2, 0.25) is 5.91 Å². The molecule has 1 N–H and O–H groups in total. The lowest BCUT2D eigenvalue weighted by molar-refractivity contribution is -0.118. The number of carbonyl (C=O) groups is 1. The van der Waals surface area contributed by atoms with Crippen molar-refractivity contribution in [3.05, 3.63) is 64.4 Å². The molecule has 2 aromatic carbocycles. The number of carbonyl (C=O) groups excluding carboxylic acids is 1. The molecule has 0 aliphatic carbocycles. The molecule has 0 radical (unpaired) electrons. The molecule has 1 heterocycles. The van der Waals surface area contributed by atoms with E-state index < -0.39 is 0 Å². The number of nitrogens with one attached hydrogen (secondary N) is 1. The SMILES string of the molecule is CCCCn1c(SCC(=O)NCc2ccccc2OC)nc2ccccc2c1=O. The van der Waals surface area contributed by atoms with E-state index in [9.17, 15) is 9.59 Å². The second-order valence-electron chi connectivity index (χ2n) is 6.60. The lowest BCUT2D eigenvalue weighted by Crippen LogP contribution is -2.27. The number of unbranched alkanes of at least 4 members (excludes halogenated alkanes) is 1. The molecule has 6 nitrogen and oxygen atoms in total. The molecule has 0 atom stereocenters. The molecule has 0 aliphatic rings. The van der Waals surface area contributed by atoms with Crippen molar-refractivity contribution in [3.8, 4) is 5.75 Å². The van der Waals surface area contributed by atoms with Crippen molar-refractivity contribution in [2.24, 2.45) is 0 Å². The molecule has 3 aromatic rings. The summed E-state index contributed by atoms with van der Waals surface area (Å²) in [5.41, 5.74) is 1.51. The molecule has 29 heavy (non-hydrogen) atoms. The van der Waals surface area contributed by atoms with E-state index in [2.05, 4.69) is 17.2 Å². The van der Waals surface area contributed by atoms with Crippen LogP contribution in [0.25, 0.3) is 10.9 Å². The smallest absolute Gasteiger partial charge is 0.262 e. The van der Waals surface area contributed by atoms with Crippen molar-refractivity contribution in [2.75, 3.05) is 12.9 Å². The van der Waals surface area contributed by atoms with Gasteiger partial charge in [-0.3, -0.25) is 14.2 Å². The Morgan fingerprint density at radius 3 is 2.72 bits per heavy atom. The molecule has 0 saturated carbocycles. The van der Waals surface area contributed by atoms with E-state index >= 15 is 0 Å². The number of para-hydroxylation sites is 2. The van der Waals surface area contributed by atoms with Crippen molar-refractivity contribution in [1.29, 1.82) is 0 Å². The molecule has 1 amide bonds. The average molecular weight is 412 g/mol. The molecule has 0 fully saturated rings. The zero-order chi connectivity index (χ0) is 20.6. The Labute approximate surface area is 174 Å². The lowest BCUT2D eigenvalue weighted by Gasteiger charge is -2.13. The summed E-state index contributed by atoms with van der Waals surface area (Å²) in [7, 11) is 1.61. The van der Waals surface area contributed by atoms with Crippen molar-refractivity contribution >= 4 is 28.6 Å². The summed E-state index contributed by atoms with van der Waals surface area (Å²) in [6.45, 7) is 3.06.